The Morgan fingerprint density at radius 1 is 1.26 bits per heavy atom. The number of halogens is 1. The van der Waals surface area contributed by atoms with E-state index in [1.54, 1.807) is 46.3 Å². The summed E-state index contributed by atoms with van der Waals surface area (Å²) in [6, 6.07) is 6.12. The highest BCUT2D eigenvalue weighted by molar-refractivity contribution is 7.15. The Kier molecular flexibility index (Phi) is 6.03. The maximum absolute atomic E-state index is 13.2. The van der Waals surface area contributed by atoms with Crippen molar-refractivity contribution in [2.24, 2.45) is 0 Å². The second-order valence-electron chi connectivity index (χ2n) is 8.67. The van der Waals surface area contributed by atoms with E-state index in [0.29, 0.717) is 18.0 Å². The molecule has 3 aromatic rings. The Morgan fingerprint density at radius 2 is 1.94 bits per heavy atom. The predicted octanol–water partition coefficient (Wildman–Crippen LogP) is 2.69. The molecule has 1 aliphatic heterocycles. The molecule has 2 aromatic heterocycles. The summed E-state index contributed by atoms with van der Waals surface area (Å²) in [6.07, 6.45) is 3.57. The largest absolute Gasteiger partial charge is 0.503 e. The van der Waals surface area contributed by atoms with E-state index < -0.39 is 22.6 Å². The Balaban J connectivity index is 1.83. The van der Waals surface area contributed by atoms with Gasteiger partial charge in [0.15, 0.2) is 11.4 Å². The van der Waals surface area contributed by atoms with Gasteiger partial charge in [-0.25, -0.2) is 9.37 Å². The molecule has 1 aromatic carbocycles. The van der Waals surface area contributed by atoms with Crippen LogP contribution >= 0.6 is 11.3 Å². The zero-order chi connectivity index (χ0) is 24.8. The van der Waals surface area contributed by atoms with Crippen LogP contribution in [0, 0.1) is 5.82 Å². The minimum Gasteiger partial charge on any atom is -0.503 e. The molecule has 0 fully saturated rings. The number of carbonyl (C=O) groups is 2. The molecule has 0 unspecified atom stereocenters. The Bertz CT molecular complexity index is 1330. The van der Waals surface area contributed by atoms with Crippen molar-refractivity contribution in [2.75, 3.05) is 27.2 Å². The lowest BCUT2D eigenvalue weighted by atomic mass is 9.94. The second kappa shape index (κ2) is 8.68. The number of hydrogen-bond acceptors (Lipinski definition) is 6. The number of carbonyl (C=O) groups excluding carboxylic acids is 2. The van der Waals surface area contributed by atoms with E-state index in [1.807, 2.05) is 0 Å². The van der Waals surface area contributed by atoms with Gasteiger partial charge in [-0.3, -0.25) is 14.4 Å². The standard InChI is InChI=1S/C24H25FN4O4S/c1-5-28-13-24(2,23(33)27(3)4)29-12-17(19(30)20(31)18(29)22(28)32)21-26-11-16(34-21)10-14-6-8-15(25)9-7-14/h6-9,11-12,31H,5,10,13H2,1-4H3/t24-/m0/s1. The summed E-state index contributed by atoms with van der Waals surface area (Å²) in [5.74, 6) is -1.81. The van der Waals surface area contributed by atoms with Gasteiger partial charge in [-0.15, -0.1) is 11.3 Å². The number of fused-ring (bicyclic) bond motifs is 1. The molecule has 0 saturated heterocycles. The normalized spacial score (nSPS) is 17.6. The van der Waals surface area contributed by atoms with E-state index in [2.05, 4.69) is 4.98 Å². The lowest BCUT2D eigenvalue weighted by Crippen LogP contribution is -2.59. The second-order valence-corrected chi connectivity index (χ2v) is 9.78. The van der Waals surface area contributed by atoms with Gasteiger partial charge in [-0.1, -0.05) is 12.1 Å². The first-order chi connectivity index (χ1) is 16.1. The molecule has 1 aliphatic rings. The van der Waals surface area contributed by atoms with Crippen LogP contribution in [0.15, 0.2) is 41.5 Å². The van der Waals surface area contributed by atoms with Gasteiger partial charge in [0.25, 0.3) is 5.91 Å². The van der Waals surface area contributed by atoms with Crippen molar-refractivity contribution in [1.82, 2.24) is 19.4 Å². The number of amides is 2. The highest BCUT2D eigenvalue weighted by atomic mass is 32.1. The maximum Gasteiger partial charge on any atom is 0.274 e. The number of hydrogen-bond donors (Lipinski definition) is 1. The van der Waals surface area contributed by atoms with E-state index in [0.717, 1.165) is 10.4 Å². The molecule has 0 bridgehead atoms. The number of thiazole rings is 1. The molecular formula is C24H25FN4O4S. The molecule has 34 heavy (non-hydrogen) atoms. The van der Waals surface area contributed by atoms with Gasteiger partial charge in [0.1, 0.15) is 16.4 Å². The van der Waals surface area contributed by atoms with E-state index in [1.165, 1.54) is 44.0 Å². The smallest absolute Gasteiger partial charge is 0.274 e. The van der Waals surface area contributed by atoms with Gasteiger partial charge in [-0.2, -0.15) is 0 Å². The van der Waals surface area contributed by atoms with Gasteiger partial charge < -0.3 is 19.5 Å². The number of aromatic nitrogens is 2. The SMILES string of the molecule is CCN1C[C@@](C)(C(=O)N(C)C)n2cc(-c3ncc(Cc4ccc(F)cc4)s3)c(=O)c(O)c2C1=O. The fourth-order valence-electron chi connectivity index (χ4n) is 4.24. The third kappa shape index (κ3) is 3.87. The van der Waals surface area contributed by atoms with Crippen molar-refractivity contribution in [3.8, 4) is 16.3 Å². The third-order valence-electron chi connectivity index (χ3n) is 6.03. The molecule has 1 N–H and O–H groups in total. The fourth-order valence-corrected chi connectivity index (χ4v) is 5.20. The molecule has 178 valence electrons. The number of pyridine rings is 1. The van der Waals surface area contributed by atoms with Crippen LogP contribution in [0.25, 0.3) is 10.6 Å². The lowest BCUT2D eigenvalue weighted by Gasteiger charge is -2.43. The number of aromatic hydroxyl groups is 1. The average molecular weight is 485 g/mol. The summed E-state index contributed by atoms with van der Waals surface area (Å²) >= 11 is 1.26. The number of likely N-dealkylation sites (N-methyl/N-ethyl adjacent to an activating group) is 2. The van der Waals surface area contributed by atoms with E-state index in [9.17, 15) is 23.9 Å². The molecule has 0 aliphatic carbocycles. The number of rotatable bonds is 5. The minimum absolute atomic E-state index is 0.0990. The number of nitrogens with zero attached hydrogens (tertiary/aromatic N) is 4. The van der Waals surface area contributed by atoms with Gasteiger partial charge in [0, 0.05) is 44.3 Å². The highest BCUT2D eigenvalue weighted by Gasteiger charge is 2.46. The van der Waals surface area contributed by atoms with Crippen LogP contribution in [0.2, 0.25) is 0 Å². The molecule has 0 spiro atoms. The highest BCUT2D eigenvalue weighted by Crippen LogP contribution is 2.34. The van der Waals surface area contributed by atoms with Crippen LogP contribution in [-0.4, -0.2) is 63.5 Å². The summed E-state index contributed by atoms with van der Waals surface area (Å²) in [5, 5.41) is 11.2. The van der Waals surface area contributed by atoms with Crippen LogP contribution in [0.4, 0.5) is 4.39 Å². The summed E-state index contributed by atoms with van der Waals surface area (Å²) in [7, 11) is 3.23. The van der Waals surface area contributed by atoms with Crippen LogP contribution in [0.5, 0.6) is 5.75 Å². The first-order valence-corrected chi connectivity index (χ1v) is 11.6. The topological polar surface area (TPSA) is 95.7 Å². The van der Waals surface area contributed by atoms with E-state index in [4.69, 9.17) is 0 Å². The Hall–Kier alpha value is -3.53. The van der Waals surface area contributed by atoms with Crippen LogP contribution < -0.4 is 5.43 Å². The van der Waals surface area contributed by atoms with Crippen molar-refractivity contribution in [1.29, 1.82) is 0 Å². The molecule has 10 heteroatoms. The van der Waals surface area contributed by atoms with E-state index in [-0.39, 0.29) is 29.5 Å². The van der Waals surface area contributed by atoms with Crippen LogP contribution in [-0.2, 0) is 16.8 Å². The monoisotopic (exact) mass is 484 g/mol. The molecular weight excluding hydrogens is 459 g/mol. The molecule has 3 heterocycles. The average Bonchev–Trinajstić information content (AvgIpc) is 3.27. The fraction of sp³-hybridized carbons (Fsp3) is 0.333. The summed E-state index contributed by atoms with van der Waals surface area (Å²) in [6.45, 7) is 3.88. The molecule has 2 amide bonds. The molecule has 0 radical (unpaired) electrons. The molecule has 4 rings (SSSR count). The first-order valence-electron chi connectivity index (χ1n) is 10.8. The maximum atomic E-state index is 13.2. The van der Waals surface area contributed by atoms with Crippen LogP contribution in [0.1, 0.15) is 34.8 Å². The van der Waals surface area contributed by atoms with Gasteiger partial charge in [0.2, 0.25) is 11.3 Å². The first kappa shape index (κ1) is 23.6. The quantitative estimate of drug-likeness (QED) is 0.601. The van der Waals surface area contributed by atoms with Crippen molar-refractivity contribution in [2.45, 2.75) is 25.8 Å². The van der Waals surface area contributed by atoms with Crippen LogP contribution in [0.3, 0.4) is 0 Å². The predicted molar refractivity (Wildman–Crippen MR) is 127 cm³/mol. The Labute approximate surface area is 199 Å². The third-order valence-corrected chi connectivity index (χ3v) is 7.06. The lowest BCUT2D eigenvalue weighted by molar-refractivity contribution is -0.138. The van der Waals surface area contributed by atoms with Crippen molar-refractivity contribution >= 4 is 23.2 Å². The minimum atomic E-state index is -1.23. The molecule has 0 saturated carbocycles. The van der Waals surface area contributed by atoms with Gasteiger partial charge in [-0.05, 0) is 31.5 Å². The van der Waals surface area contributed by atoms with E-state index >= 15 is 0 Å². The summed E-state index contributed by atoms with van der Waals surface area (Å²) < 4.78 is 14.6. The van der Waals surface area contributed by atoms with Crippen molar-refractivity contribution in [3.05, 3.63) is 68.8 Å². The van der Waals surface area contributed by atoms with Gasteiger partial charge >= 0.3 is 0 Å². The van der Waals surface area contributed by atoms with Crippen molar-refractivity contribution in [3.63, 3.8) is 0 Å². The summed E-state index contributed by atoms with van der Waals surface area (Å²) in [5.41, 5.74) is -1.16. The molecule has 8 nitrogen and oxygen atoms in total. The van der Waals surface area contributed by atoms with Gasteiger partial charge in [0.05, 0.1) is 12.1 Å². The van der Waals surface area contributed by atoms with Crippen molar-refractivity contribution < 1.29 is 19.1 Å². The zero-order valence-electron chi connectivity index (χ0n) is 19.3. The molecule has 1 atom stereocenters. The Morgan fingerprint density at radius 3 is 2.56 bits per heavy atom. The summed E-state index contributed by atoms with van der Waals surface area (Å²) in [4.78, 5) is 47.4. The number of benzene rings is 1. The zero-order valence-corrected chi connectivity index (χ0v) is 20.1.